The smallest absolute Gasteiger partial charge is 0.341 e. The summed E-state index contributed by atoms with van der Waals surface area (Å²) in [6.07, 6.45) is 12.3. The molecular formula is C62H80O16. The van der Waals surface area contributed by atoms with Gasteiger partial charge in [0.05, 0.1) is 57.2 Å². The minimum Gasteiger partial charge on any atom is -0.493 e. The highest BCUT2D eigenvalue weighted by Crippen LogP contribution is 2.39. The molecular weight excluding hydrogens is 1000 g/mol. The molecule has 0 N–H and O–H groups in total. The molecule has 16 nitrogen and oxygen atoms in total. The van der Waals surface area contributed by atoms with Crippen LogP contribution in [0.25, 0.3) is 0 Å². The number of rotatable bonds is 27. The molecule has 0 bridgehead atoms. The van der Waals surface area contributed by atoms with E-state index in [4.69, 9.17) is 42.6 Å². The summed E-state index contributed by atoms with van der Waals surface area (Å²) in [7, 11) is 1.19. The van der Waals surface area contributed by atoms with E-state index in [0.29, 0.717) is 95.0 Å². The van der Waals surface area contributed by atoms with Gasteiger partial charge in [-0.05, 0) is 168 Å². The van der Waals surface area contributed by atoms with Gasteiger partial charge in [0.15, 0.2) is 0 Å². The van der Waals surface area contributed by atoms with Crippen LogP contribution < -0.4 is 28.4 Å². The molecule has 424 valence electrons. The van der Waals surface area contributed by atoms with Crippen LogP contribution in [0.3, 0.4) is 0 Å². The summed E-state index contributed by atoms with van der Waals surface area (Å²) in [6.45, 7) is 20.9. The highest BCUT2D eigenvalue weighted by atomic mass is 16.6. The normalized spacial score (nSPS) is 17.3. The Morgan fingerprint density at radius 3 is 1.10 bits per heavy atom. The zero-order chi connectivity index (χ0) is 56.8. The number of carbonyl (C=O) groups excluding carboxylic acids is 7. The van der Waals surface area contributed by atoms with E-state index in [1.54, 1.807) is 12.1 Å². The van der Waals surface area contributed by atoms with E-state index in [2.05, 4.69) is 54.7 Å². The SMILES string of the molecule is C=CC(=O)OCCCCCCOc1ccc(OC(=O)C2CCC(C(=O)Oc3ccc(OC(=O)C4CCC(C(=O)Oc5ccc(OCCCCCCOC(=O)C=C)c(C(C)(C)C)c5)CC4)c(C(=O)OC)c3)CC2)cc1C(C)(C)C. The fourth-order valence-corrected chi connectivity index (χ4v) is 9.36. The Bertz CT molecular complexity index is 2550. The van der Waals surface area contributed by atoms with E-state index in [-0.39, 0.29) is 39.8 Å². The van der Waals surface area contributed by atoms with E-state index >= 15 is 0 Å². The van der Waals surface area contributed by atoms with Gasteiger partial charge in [-0.25, -0.2) is 14.4 Å². The predicted molar refractivity (Wildman–Crippen MR) is 292 cm³/mol. The Morgan fingerprint density at radius 2 is 0.769 bits per heavy atom. The van der Waals surface area contributed by atoms with E-state index in [1.165, 1.54) is 25.3 Å². The summed E-state index contributed by atoms with van der Waals surface area (Å²) in [4.78, 5) is 89.1. The van der Waals surface area contributed by atoms with Crippen LogP contribution in [0.1, 0.15) is 166 Å². The van der Waals surface area contributed by atoms with E-state index < -0.39 is 53.5 Å². The lowest BCUT2D eigenvalue weighted by Crippen LogP contribution is -2.31. The first-order valence-electron chi connectivity index (χ1n) is 27.4. The number of benzene rings is 3. The van der Waals surface area contributed by atoms with Crippen LogP contribution in [0.15, 0.2) is 79.9 Å². The minimum absolute atomic E-state index is 0.0521. The Hall–Kier alpha value is -6.97. The second-order valence-corrected chi connectivity index (χ2v) is 22.0. The number of unbranched alkanes of at least 4 members (excludes halogenated alkanes) is 6. The molecule has 2 aliphatic carbocycles. The van der Waals surface area contributed by atoms with Crippen molar-refractivity contribution in [3.8, 4) is 34.5 Å². The first-order chi connectivity index (χ1) is 37.2. The Balaban J connectivity index is 1.06. The third kappa shape index (κ3) is 19.5. The average Bonchev–Trinajstić information content (AvgIpc) is 3.49. The molecule has 78 heavy (non-hydrogen) atoms. The van der Waals surface area contributed by atoms with Crippen molar-refractivity contribution in [2.45, 2.75) is 155 Å². The van der Waals surface area contributed by atoms with Gasteiger partial charge in [0.25, 0.3) is 0 Å². The summed E-state index contributed by atoms with van der Waals surface area (Å²) >= 11 is 0. The number of carbonyl (C=O) groups is 7. The van der Waals surface area contributed by atoms with Crippen LogP contribution in [0.2, 0.25) is 0 Å². The molecule has 3 aromatic rings. The van der Waals surface area contributed by atoms with Gasteiger partial charge in [0.2, 0.25) is 0 Å². The molecule has 2 aliphatic rings. The molecule has 0 heterocycles. The summed E-state index contributed by atoms with van der Waals surface area (Å²) < 4.78 is 50.6. The number of hydrogen-bond acceptors (Lipinski definition) is 16. The second kappa shape index (κ2) is 30.3. The molecule has 0 saturated heterocycles. The van der Waals surface area contributed by atoms with Gasteiger partial charge in [0, 0.05) is 23.3 Å². The molecule has 0 radical (unpaired) electrons. The van der Waals surface area contributed by atoms with Gasteiger partial charge < -0.3 is 42.6 Å². The van der Waals surface area contributed by atoms with Crippen LogP contribution in [0.4, 0.5) is 0 Å². The Labute approximate surface area is 459 Å². The van der Waals surface area contributed by atoms with Gasteiger partial charge >= 0.3 is 41.8 Å². The van der Waals surface area contributed by atoms with Crippen molar-refractivity contribution < 1.29 is 76.2 Å². The van der Waals surface area contributed by atoms with Gasteiger partial charge in [-0.1, -0.05) is 54.7 Å². The van der Waals surface area contributed by atoms with E-state index in [9.17, 15) is 33.6 Å². The number of ether oxygens (including phenoxy) is 9. The summed E-state index contributed by atoms with van der Waals surface area (Å²) in [6, 6.07) is 14.9. The zero-order valence-corrected chi connectivity index (χ0v) is 46.7. The van der Waals surface area contributed by atoms with Gasteiger partial charge in [-0.2, -0.15) is 0 Å². The quantitative estimate of drug-likeness (QED) is 0.0229. The molecule has 0 amide bonds. The molecule has 5 rings (SSSR count). The number of hydrogen-bond donors (Lipinski definition) is 0. The molecule has 16 heteroatoms. The molecule has 0 spiro atoms. The lowest BCUT2D eigenvalue weighted by Gasteiger charge is -2.27. The molecule has 3 aromatic carbocycles. The summed E-state index contributed by atoms with van der Waals surface area (Å²) in [5.74, 6) is -3.07. The third-order valence-electron chi connectivity index (χ3n) is 13.9. The Kier molecular flexibility index (Phi) is 24.0. The second-order valence-electron chi connectivity index (χ2n) is 22.0. The maximum atomic E-state index is 13.5. The first kappa shape index (κ1) is 61.9. The fraction of sp³-hybridized carbons (Fsp3) is 0.532. The summed E-state index contributed by atoms with van der Waals surface area (Å²) in [5, 5.41) is 0. The van der Waals surface area contributed by atoms with Crippen molar-refractivity contribution in [1.29, 1.82) is 0 Å². The minimum atomic E-state index is -0.793. The van der Waals surface area contributed by atoms with E-state index in [1.807, 2.05) is 24.3 Å². The van der Waals surface area contributed by atoms with Crippen molar-refractivity contribution in [3.63, 3.8) is 0 Å². The molecule has 0 aliphatic heterocycles. The topological polar surface area (TPSA) is 203 Å². The zero-order valence-electron chi connectivity index (χ0n) is 46.7. The molecule has 0 aromatic heterocycles. The van der Waals surface area contributed by atoms with Crippen LogP contribution in [-0.4, -0.2) is 75.3 Å². The monoisotopic (exact) mass is 1080 g/mol. The maximum absolute atomic E-state index is 13.5. The first-order valence-corrected chi connectivity index (χ1v) is 27.4. The largest absolute Gasteiger partial charge is 0.493 e. The van der Waals surface area contributed by atoms with Crippen molar-refractivity contribution in [3.05, 3.63) is 96.6 Å². The fourth-order valence-electron chi connectivity index (χ4n) is 9.36. The average molecular weight is 1080 g/mol. The number of methoxy groups -OCH3 is 1. The molecule has 2 saturated carbocycles. The van der Waals surface area contributed by atoms with Crippen LogP contribution >= 0.6 is 0 Å². The van der Waals surface area contributed by atoms with Gasteiger partial charge in [-0.3, -0.25) is 19.2 Å². The van der Waals surface area contributed by atoms with Crippen LogP contribution in [0, 0.1) is 23.7 Å². The van der Waals surface area contributed by atoms with Crippen molar-refractivity contribution in [1.82, 2.24) is 0 Å². The molecule has 0 unspecified atom stereocenters. The van der Waals surface area contributed by atoms with Gasteiger partial charge in [0.1, 0.15) is 40.1 Å². The van der Waals surface area contributed by atoms with Crippen LogP contribution in [-0.2, 0) is 53.8 Å². The Morgan fingerprint density at radius 1 is 0.449 bits per heavy atom. The lowest BCUT2D eigenvalue weighted by atomic mass is 9.82. The number of esters is 7. The van der Waals surface area contributed by atoms with Crippen molar-refractivity contribution in [2.24, 2.45) is 23.7 Å². The van der Waals surface area contributed by atoms with Crippen molar-refractivity contribution >= 4 is 41.8 Å². The standard InChI is InChI=1S/C62H80O16/c1-10-54(63)73-36-18-14-12-16-34-71-52-32-29-46(39-49(52)61(3,4)5)76-57(66)42-22-20-41(21-23-42)56(65)75-45-28-31-51(48(38-45)60(69)70-9)78-59(68)44-26-24-43(25-27-44)58(67)77-47-30-33-53(50(40-47)62(6,7)8)72-35-17-13-15-19-37-74-55(64)11-2/h10-11,28-33,38-44H,1-2,12-27,34-37H2,3-9H3. The third-order valence-corrected chi connectivity index (χ3v) is 13.9. The van der Waals surface area contributed by atoms with Crippen molar-refractivity contribution in [2.75, 3.05) is 33.5 Å². The highest BCUT2D eigenvalue weighted by molar-refractivity contribution is 5.94. The van der Waals surface area contributed by atoms with E-state index in [0.717, 1.165) is 80.4 Å². The highest BCUT2D eigenvalue weighted by Gasteiger charge is 2.35. The van der Waals surface area contributed by atoms with Gasteiger partial charge in [-0.15, -0.1) is 0 Å². The molecule has 0 atom stereocenters. The lowest BCUT2D eigenvalue weighted by molar-refractivity contribution is -0.145. The predicted octanol–water partition coefficient (Wildman–Crippen LogP) is 12.0. The summed E-state index contributed by atoms with van der Waals surface area (Å²) in [5.41, 5.74) is 1.11. The maximum Gasteiger partial charge on any atom is 0.341 e. The molecule has 2 fully saturated rings. The van der Waals surface area contributed by atoms with Crippen LogP contribution in [0.5, 0.6) is 34.5 Å².